The van der Waals surface area contributed by atoms with Crippen LogP contribution < -0.4 is 15.8 Å². The van der Waals surface area contributed by atoms with Gasteiger partial charge in [0.25, 0.3) is 5.91 Å². The molecular formula is C15H22N2O2. The molecule has 1 aliphatic carbocycles. The lowest BCUT2D eigenvalue weighted by molar-refractivity contribution is 0.0926. The zero-order chi connectivity index (χ0) is 13.7. The van der Waals surface area contributed by atoms with Gasteiger partial charge in [-0.1, -0.05) is 31.4 Å². The Bertz CT molecular complexity index is 434. The summed E-state index contributed by atoms with van der Waals surface area (Å²) >= 11 is 0. The Morgan fingerprint density at radius 2 is 2.00 bits per heavy atom. The molecule has 19 heavy (non-hydrogen) atoms. The minimum atomic E-state index is -0.0974. The van der Waals surface area contributed by atoms with Crippen LogP contribution in [0.2, 0.25) is 0 Å². The smallest absolute Gasteiger partial charge is 0.255 e. The fourth-order valence-corrected chi connectivity index (χ4v) is 2.59. The highest BCUT2D eigenvalue weighted by atomic mass is 16.5. The van der Waals surface area contributed by atoms with E-state index < -0.39 is 0 Å². The van der Waals surface area contributed by atoms with Gasteiger partial charge in [-0.3, -0.25) is 4.79 Å². The topological polar surface area (TPSA) is 64.3 Å². The normalized spacial score (nSPS) is 23.5. The third kappa shape index (κ3) is 3.47. The monoisotopic (exact) mass is 262 g/mol. The number of amides is 1. The van der Waals surface area contributed by atoms with E-state index in [1.54, 1.807) is 19.2 Å². The van der Waals surface area contributed by atoms with Crippen LogP contribution in [0.4, 0.5) is 0 Å². The molecule has 0 heterocycles. The Labute approximate surface area is 114 Å². The van der Waals surface area contributed by atoms with Crippen molar-refractivity contribution in [3.8, 4) is 5.75 Å². The highest BCUT2D eigenvalue weighted by Gasteiger charge is 2.23. The number of carbonyl (C=O) groups excluding carboxylic acids is 1. The van der Waals surface area contributed by atoms with Crippen LogP contribution in [0.1, 0.15) is 42.5 Å². The Morgan fingerprint density at radius 3 is 2.79 bits per heavy atom. The predicted molar refractivity (Wildman–Crippen MR) is 75.3 cm³/mol. The molecule has 1 aliphatic rings. The van der Waals surface area contributed by atoms with Crippen molar-refractivity contribution >= 4 is 5.91 Å². The molecule has 3 N–H and O–H groups in total. The van der Waals surface area contributed by atoms with E-state index in [1.165, 1.54) is 6.42 Å². The van der Waals surface area contributed by atoms with E-state index in [0.717, 1.165) is 25.7 Å². The molecule has 0 aliphatic heterocycles. The lowest BCUT2D eigenvalue weighted by Crippen LogP contribution is -2.47. The number of ether oxygens (including phenoxy) is 1. The average Bonchev–Trinajstić information content (AvgIpc) is 2.64. The molecule has 0 bridgehead atoms. The summed E-state index contributed by atoms with van der Waals surface area (Å²) in [6.07, 6.45) is 5.43. The predicted octanol–water partition coefficient (Wildman–Crippen LogP) is 2.08. The van der Waals surface area contributed by atoms with Crippen LogP contribution in [0.3, 0.4) is 0 Å². The summed E-state index contributed by atoms with van der Waals surface area (Å²) in [5.74, 6) is 0.502. The van der Waals surface area contributed by atoms with Crippen LogP contribution in [0.15, 0.2) is 24.3 Å². The van der Waals surface area contributed by atoms with Crippen molar-refractivity contribution in [3.05, 3.63) is 29.8 Å². The lowest BCUT2D eigenvalue weighted by atomic mass is 10.0. The zero-order valence-electron chi connectivity index (χ0n) is 11.4. The molecule has 0 spiro atoms. The van der Waals surface area contributed by atoms with Gasteiger partial charge in [0.05, 0.1) is 12.7 Å². The first-order chi connectivity index (χ1) is 9.22. The summed E-state index contributed by atoms with van der Waals surface area (Å²) in [7, 11) is 1.57. The molecule has 2 atom stereocenters. The molecule has 0 saturated heterocycles. The van der Waals surface area contributed by atoms with E-state index in [4.69, 9.17) is 10.5 Å². The van der Waals surface area contributed by atoms with Crippen LogP contribution in [-0.2, 0) is 0 Å². The third-order valence-electron chi connectivity index (χ3n) is 3.74. The number of carbonyl (C=O) groups is 1. The van der Waals surface area contributed by atoms with Crippen molar-refractivity contribution in [1.82, 2.24) is 5.32 Å². The van der Waals surface area contributed by atoms with Crippen LogP contribution in [0, 0.1) is 0 Å². The second kappa shape index (κ2) is 6.57. The van der Waals surface area contributed by atoms with Gasteiger partial charge in [0.15, 0.2) is 0 Å². The summed E-state index contributed by atoms with van der Waals surface area (Å²) in [4.78, 5) is 12.3. The van der Waals surface area contributed by atoms with Gasteiger partial charge >= 0.3 is 0 Å². The number of hydrogen-bond acceptors (Lipinski definition) is 3. The fraction of sp³-hybridized carbons (Fsp3) is 0.533. The Hall–Kier alpha value is -1.55. The van der Waals surface area contributed by atoms with Crippen molar-refractivity contribution < 1.29 is 9.53 Å². The molecule has 1 saturated carbocycles. The Kier molecular flexibility index (Phi) is 4.80. The van der Waals surface area contributed by atoms with Gasteiger partial charge in [-0.15, -0.1) is 0 Å². The quantitative estimate of drug-likeness (QED) is 0.820. The molecule has 1 aromatic carbocycles. The summed E-state index contributed by atoms with van der Waals surface area (Å²) in [5, 5.41) is 3.06. The van der Waals surface area contributed by atoms with Crippen LogP contribution >= 0.6 is 0 Å². The number of methoxy groups -OCH3 is 1. The maximum atomic E-state index is 12.3. The molecule has 2 rings (SSSR count). The summed E-state index contributed by atoms with van der Waals surface area (Å²) in [6.45, 7) is 0. The van der Waals surface area contributed by atoms with Gasteiger partial charge in [-0.2, -0.15) is 0 Å². The van der Waals surface area contributed by atoms with E-state index in [1.807, 2.05) is 12.1 Å². The zero-order valence-corrected chi connectivity index (χ0v) is 11.4. The molecule has 2 unspecified atom stereocenters. The van der Waals surface area contributed by atoms with Crippen molar-refractivity contribution in [2.45, 2.75) is 44.2 Å². The van der Waals surface area contributed by atoms with Gasteiger partial charge in [0.1, 0.15) is 5.75 Å². The second-order valence-electron chi connectivity index (χ2n) is 5.08. The SMILES string of the molecule is COc1ccccc1C(=O)NC1CCCCCC1N. The number of nitrogens with two attached hydrogens (primary N) is 1. The average molecular weight is 262 g/mol. The molecule has 4 heteroatoms. The number of nitrogens with one attached hydrogen (secondary N) is 1. The van der Waals surface area contributed by atoms with E-state index in [-0.39, 0.29) is 18.0 Å². The van der Waals surface area contributed by atoms with Crippen molar-refractivity contribution in [2.75, 3.05) is 7.11 Å². The maximum absolute atomic E-state index is 12.3. The van der Waals surface area contributed by atoms with Gasteiger partial charge in [-0.25, -0.2) is 0 Å². The van der Waals surface area contributed by atoms with E-state index >= 15 is 0 Å². The van der Waals surface area contributed by atoms with Gasteiger partial charge in [0, 0.05) is 12.1 Å². The lowest BCUT2D eigenvalue weighted by Gasteiger charge is -2.23. The molecule has 1 amide bonds. The van der Waals surface area contributed by atoms with Crippen LogP contribution in [0.5, 0.6) is 5.75 Å². The third-order valence-corrected chi connectivity index (χ3v) is 3.74. The highest BCUT2D eigenvalue weighted by molar-refractivity contribution is 5.97. The van der Waals surface area contributed by atoms with Crippen LogP contribution in [0.25, 0.3) is 0 Å². The minimum Gasteiger partial charge on any atom is -0.496 e. The first-order valence-electron chi connectivity index (χ1n) is 6.92. The Balaban J connectivity index is 2.07. The Morgan fingerprint density at radius 1 is 1.26 bits per heavy atom. The van der Waals surface area contributed by atoms with Crippen molar-refractivity contribution in [2.24, 2.45) is 5.73 Å². The molecular weight excluding hydrogens is 240 g/mol. The van der Waals surface area contributed by atoms with Gasteiger partial charge in [0.2, 0.25) is 0 Å². The first-order valence-corrected chi connectivity index (χ1v) is 6.92. The molecule has 4 nitrogen and oxygen atoms in total. The largest absolute Gasteiger partial charge is 0.496 e. The molecule has 0 radical (unpaired) electrons. The number of rotatable bonds is 3. The molecule has 0 aromatic heterocycles. The van der Waals surface area contributed by atoms with Crippen molar-refractivity contribution in [1.29, 1.82) is 0 Å². The summed E-state index contributed by atoms with van der Waals surface area (Å²) in [5.41, 5.74) is 6.70. The molecule has 1 aromatic rings. The standard InChI is InChI=1S/C15H22N2O2/c1-19-14-10-6-5-7-11(14)15(18)17-13-9-4-2-3-8-12(13)16/h5-7,10,12-13H,2-4,8-9,16H2,1H3,(H,17,18). The summed E-state index contributed by atoms with van der Waals surface area (Å²) < 4.78 is 5.22. The van der Waals surface area contributed by atoms with E-state index in [2.05, 4.69) is 5.32 Å². The first kappa shape index (κ1) is 13.9. The number of benzene rings is 1. The van der Waals surface area contributed by atoms with Gasteiger partial charge < -0.3 is 15.8 Å². The minimum absolute atomic E-state index is 0.0566. The second-order valence-corrected chi connectivity index (χ2v) is 5.08. The molecule has 104 valence electrons. The van der Waals surface area contributed by atoms with E-state index in [9.17, 15) is 4.79 Å². The maximum Gasteiger partial charge on any atom is 0.255 e. The highest BCUT2D eigenvalue weighted by Crippen LogP contribution is 2.20. The number of hydrogen-bond donors (Lipinski definition) is 2. The van der Waals surface area contributed by atoms with Gasteiger partial charge in [-0.05, 0) is 25.0 Å². The molecule has 1 fully saturated rings. The number of para-hydroxylation sites is 1. The van der Waals surface area contributed by atoms with E-state index in [0.29, 0.717) is 11.3 Å². The fourth-order valence-electron chi connectivity index (χ4n) is 2.59. The van der Waals surface area contributed by atoms with Crippen molar-refractivity contribution in [3.63, 3.8) is 0 Å². The summed E-state index contributed by atoms with van der Waals surface area (Å²) in [6, 6.07) is 7.39. The van der Waals surface area contributed by atoms with Crippen LogP contribution in [-0.4, -0.2) is 25.1 Å².